The first-order chi connectivity index (χ1) is 11.5. The maximum atomic E-state index is 11.1. The van der Waals surface area contributed by atoms with Crippen LogP contribution in [0.2, 0.25) is 5.02 Å². The van der Waals surface area contributed by atoms with E-state index in [0.29, 0.717) is 34.3 Å². The minimum atomic E-state index is -0.352. The van der Waals surface area contributed by atoms with Gasteiger partial charge in [0.1, 0.15) is 11.6 Å². The van der Waals surface area contributed by atoms with Gasteiger partial charge in [0.25, 0.3) is 0 Å². The molecule has 0 spiro atoms. The average Bonchev–Trinajstić information content (AvgIpc) is 2.55. The molecule has 0 bridgehead atoms. The van der Waals surface area contributed by atoms with Gasteiger partial charge < -0.3 is 15.8 Å². The topological polar surface area (TPSA) is 76.7 Å². The molecule has 2 aromatic carbocycles. The van der Waals surface area contributed by atoms with E-state index in [-0.39, 0.29) is 11.7 Å². The first-order valence-electron chi connectivity index (χ1n) is 7.27. The number of nitrogens with zero attached hydrogens (tertiary/aromatic N) is 1. The summed E-state index contributed by atoms with van der Waals surface area (Å²) in [6.45, 7) is 5.58. The molecule has 5 nitrogen and oxygen atoms in total. The summed E-state index contributed by atoms with van der Waals surface area (Å²) in [7, 11) is 0. The Hall–Kier alpha value is -2.79. The van der Waals surface area contributed by atoms with Gasteiger partial charge in [0.05, 0.1) is 5.69 Å². The normalized spacial score (nSPS) is 11.0. The number of rotatable bonds is 6. The Bertz CT molecular complexity index is 770. The first kappa shape index (κ1) is 17.6. The number of nitrogens with two attached hydrogens (primary N) is 1. The number of nitrogens with one attached hydrogen (secondary N) is 1. The minimum Gasteiger partial charge on any atom is -0.455 e. The molecule has 0 heterocycles. The SMILES string of the molecule is C=CCNc1cc(C(N)=NC(C)=O)ccc1Oc1ccc(Cl)cc1. The van der Waals surface area contributed by atoms with E-state index in [1.165, 1.54) is 6.92 Å². The molecule has 0 atom stereocenters. The lowest BCUT2D eigenvalue weighted by molar-refractivity contribution is -0.115. The number of amides is 1. The molecule has 2 aromatic rings. The van der Waals surface area contributed by atoms with Gasteiger partial charge in [0.15, 0.2) is 5.75 Å². The number of hydrogen-bond acceptors (Lipinski definition) is 3. The molecular weight excluding hydrogens is 326 g/mol. The van der Waals surface area contributed by atoms with Crippen LogP contribution >= 0.6 is 11.6 Å². The van der Waals surface area contributed by atoms with Crippen molar-refractivity contribution in [3.8, 4) is 11.5 Å². The van der Waals surface area contributed by atoms with Gasteiger partial charge >= 0.3 is 0 Å². The van der Waals surface area contributed by atoms with Crippen LogP contribution in [-0.2, 0) is 4.79 Å². The molecule has 6 heteroatoms. The Balaban J connectivity index is 2.34. The maximum absolute atomic E-state index is 11.1. The Morgan fingerprint density at radius 3 is 2.67 bits per heavy atom. The standard InChI is InChI=1S/C18H18ClN3O2/c1-3-10-21-16-11-13(18(20)22-12(2)23)4-9-17(16)24-15-7-5-14(19)6-8-15/h3-9,11,21H,1,10H2,2H3,(H2,20,22,23). The molecule has 0 aliphatic carbocycles. The van der Waals surface area contributed by atoms with E-state index in [0.717, 1.165) is 0 Å². The van der Waals surface area contributed by atoms with Crippen molar-refractivity contribution in [2.45, 2.75) is 6.92 Å². The third kappa shape index (κ3) is 4.86. The van der Waals surface area contributed by atoms with Gasteiger partial charge in [-0.15, -0.1) is 6.58 Å². The van der Waals surface area contributed by atoms with E-state index < -0.39 is 0 Å². The third-order valence-electron chi connectivity index (χ3n) is 3.03. The highest BCUT2D eigenvalue weighted by atomic mass is 35.5. The monoisotopic (exact) mass is 343 g/mol. The van der Waals surface area contributed by atoms with Crippen molar-refractivity contribution in [3.05, 3.63) is 65.7 Å². The summed E-state index contributed by atoms with van der Waals surface area (Å²) in [6.07, 6.45) is 1.73. The molecule has 124 valence electrons. The highest BCUT2D eigenvalue weighted by Crippen LogP contribution is 2.31. The van der Waals surface area contributed by atoms with Crippen LogP contribution in [0.25, 0.3) is 0 Å². The van der Waals surface area contributed by atoms with Crippen molar-refractivity contribution < 1.29 is 9.53 Å². The molecule has 0 aliphatic rings. The Labute approximate surface area is 145 Å². The second-order valence-electron chi connectivity index (χ2n) is 4.95. The van der Waals surface area contributed by atoms with Crippen LogP contribution in [-0.4, -0.2) is 18.3 Å². The largest absolute Gasteiger partial charge is 0.455 e. The number of aliphatic imine (C=N–C) groups is 1. The van der Waals surface area contributed by atoms with Crippen LogP contribution in [0.15, 0.2) is 60.1 Å². The number of ether oxygens (including phenoxy) is 1. The second-order valence-corrected chi connectivity index (χ2v) is 5.39. The van der Waals surface area contributed by atoms with Gasteiger partial charge in [0, 0.05) is 24.1 Å². The van der Waals surface area contributed by atoms with Crippen molar-refractivity contribution in [1.29, 1.82) is 0 Å². The smallest absolute Gasteiger partial charge is 0.244 e. The second kappa shape index (κ2) is 8.17. The molecule has 0 aliphatic heterocycles. The number of halogens is 1. The van der Waals surface area contributed by atoms with Gasteiger partial charge in [-0.2, -0.15) is 4.99 Å². The Morgan fingerprint density at radius 1 is 1.33 bits per heavy atom. The number of hydrogen-bond donors (Lipinski definition) is 2. The fourth-order valence-corrected chi connectivity index (χ4v) is 2.09. The van der Waals surface area contributed by atoms with E-state index in [9.17, 15) is 4.79 Å². The average molecular weight is 344 g/mol. The number of benzene rings is 2. The third-order valence-corrected chi connectivity index (χ3v) is 3.28. The fraction of sp³-hybridized carbons (Fsp3) is 0.111. The van der Waals surface area contributed by atoms with Gasteiger partial charge in [-0.25, -0.2) is 0 Å². The predicted molar refractivity (Wildman–Crippen MR) is 98.1 cm³/mol. The van der Waals surface area contributed by atoms with Crippen LogP contribution in [0.5, 0.6) is 11.5 Å². The van der Waals surface area contributed by atoms with Crippen LogP contribution in [0.1, 0.15) is 12.5 Å². The molecular formula is C18H18ClN3O2. The molecule has 3 N–H and O–H groups in total. The van der Waals surface area contributed by atoms with E-state index in [1.54, 1.807) is 48.5 Å². The minimum absolute atomic E-state index is 0.155. The zero-order valence-corrected chi connectivity index (χ0v) is 14.0. The molecule has 0 radical (unpaired) electrons. The summed E-state index contributed by atoms with van der Waals surface area (Å²) < 4.78 is 5.87. The molecule has 0 saturated heterocycles. The predicted octanol–water partition coefficient (Wildman–Crippen LogP) is 3.98. The molecule has 1 amide bonds. The fourth-order valence-electron chi connectivity index (χ4n) is 1.96. The zero-order chi connectivity index (χ0) is 17.5. The van der Waals surface area contributed by atoms with E-state index in [2.05, 4.69) is 16.9 Å². The van der Waals surface area contributed by atoms with Gasteiger partial charge in [-0.1, -0.05) is 17.7 Å². The Kier molecular flexibility index (Phi) is 5.98. The molecule has 0 unspecified atom stereocenters. The van der Waals surface area contributed by atoms with Crippen molar-refractivity contribution in [2.24, 2.45) is 10.7 Å². The lowest BCUT2D eigenvalue weighted by Crippen LogP contribution is -2.15. The summed E-state index contributed by atoms with van der Waals surface area (Å²) in [5.74, 6) is 1.06. The number of anilines is 1. The number of carbonyl (C=O) groups is 1. The summed E-state index contributed by atoms with van der Waals surface area (Å²) in [4.78, 5) is 14.8. The maximum Gasteiger partial charge on any atom is 0.244 e. The molecule has 0 saturated carbocycles. The summed E-state index contributed by atoms with van der Waals surface area (Å²) >= 11 is 5.88. The van der Waals surface area contributed by atoms with Crippen LogP contribution in [0.4, 0.5) is 5.69 Å². The van der Waals surface area contributed by atoms with E-state index >= 15 is 0 Å². The van der Waals surface area contributed by atoms with Crippen molar-refractivity contribution in [3.63, 3.8) is 0 Å². The molecule has 0 fully saturated rings. The highest BCUT2D eigenvalue weighted by molar-refractivity contribution is 6.30. The van der Waals surface area contributed by atoms with Crippen molar-refractivity contribution in [2.75, 3.05) is 11.9 Å². The van der Waals surface area contributed by atoms with Gasteiger partial charge in [0.2, 0.25) is 5.91 Å². The first-order valence-corrected chi connectivity index (χ1v) is 7.64. The number of amidine groups is 1. The van der Waals surface area contributed by atoms with E-state index in [4.69, 9.17) is 22.1 Å². The number of carbonyl (C=O) groups excluding carboxylic acids is 1. The van der Waals surface area contributed by atoms with Gasteiger partial charge in [-0.3, -0.25) is 4.79 Å². The lowest BCUT2D eigenvalue weighted by Gasteiger charge is -2.14. The van der Waals surface area contributed by atoms with Crippen LogP contribution < -0.4 is 15.8 Å². The molecule has 24 heavy (non-hydrogen) atoms. The van der Waals surface area contributed by atoms with E-state index in [1.807, 2.05) is 0 Å². The zero-order valence-electron chi connectivity index (χ0n) is 13.3. The lowest BCUT2D eigenvalue weighted by atomic mass is 10.1. The van der Waals surface area contributed by atoms with Crippen molar-refractivity contribution in [1.82, 2.24) is 0 Å². The molecule has 2 rings (SSSR count). The summed E-state index contributed by atoms with van der Waals surface area (Å²) in [6, 6.07) is 12.3. The quantitative estimate of drug-likeness (QED) is 0.472. The van der Waals surface area contributed by atoms with Gasteiger partial charge in [-0.05, 0) is 42.5 Å². The van der Waals surface area contributed by atoms with Crippen molar-refractivity contribution >= 4 is 29.0 Å². The Morgan fingerprint density at radius 2 is 2.04 bits per heavy atom. The van der Waals surface area contributed by atoms with Crippen LogP contribution in [0.3, 0.4) is 0 Å². The summed E-state index contributed by atoms with van der Waals surface area (Å²) in [5, 5.41) is 3.81. The highest BCUT2D eigenvalue weighted by Gasteiger charge is 2.09. The van der Waals surface area contributed by atoms with Crippen LogP contribution in [0, 0.1) is 0 Å². The summed E-state index contributed by atoms with van der Waals surface area (Å²) in [5.41, 5.74) is 7.18. The molecule has 0 aromatic heterocycles.